The number of tetrazole rings is 1. The zero-order valence-electron chi connectivity index (χ0n) is 17.3. The van der Waals surface area contributed by atoms with Crippen molar-refractivity contribution >= 4 is 33.4 Å². The van der Waals surface area contributed by atoms with E-state index in [1.165, 1.54) is 28.2 Å². The van der Waals surface area contributed by atoms with E-state index in [0.29, 0.717) is 37.1 Å². The Hall–Kier alpha value is -2.80. The molecule has 168 valence electrons. The van der Waals surface area contributed by atoms with Crippen LogP contribution in [0.3, 0.4) is 0 Å². The van der Waals surface area contributed by atoms with E-state index in [9.17, 15) is 13.2 Å². The smallest absolute Gasteiger partial charge is 0.243 e. The van der Waals surface area contributed by atoms with E-state index >= 15 is 0 Å². The average Bonchev–Trinajstić information content (AvgIpc) is 3.28. The van der Waals surface area contributed by atoms with Gasteiger partial charge in [-0.3, -0.25) is 4.79 Å². The molecule has 1 aliphatic rings. The molecule has 32 heavy (non-hydrogen) atoms. The van der Waals surface area contributed by atoms with E-state index in [1.807, 2.05) is 30.3 Å². The number of ether oxygens (including phenoxy) is 1. The molecule has 1 atom stereocenters. The minimum absolute atomic E-state index is 0.182. The highest BCUT2D eigenvalue weighted by Gasteiger charge is 2.26. The second-order valence-corrected chi connectivity index (χ2v) is 10.2. The van der Waals surface area contributed by atoms with Crippen molar-refractivity contribution in [2.75, 3.05) is 31.6 Å². The van der Waals surface area contributed by atoms with Crippen molar-refractivity contribution in [3.8, 4) is 5.69 Å². The number of carbonyl (C=O) groups is 1. The van der Waals surface area contributed by atoms with Crippen molar-refractivity contribution in [2.24, 2.45) is 0 Å². The molecule has 0 unspecified atom stereocenters. The minimum atomic E-state index is -3.58. The molecule has 1 saturated heterocycles. The van der Waals surface area contributed by atoms with Crippen LogP contribution in [0.2, 0.25) is 0 Å². The van der Waals surface area contributed by atoms with Crippen LogP contribution in [0.25, 0.3) is 5.69 Å². The number of aromatic nitrogens is 4. The zero-order chi connectivity index (χ0) is 22.6. The lowest BCUT2D eigenvalue weighted by Gasteiger charge is -2.26. The average molecular weight is 475 g/mol. The molecule has 1 aromatic heterocycles. The van der Waals surface area contributed by atoms with Crippen LogP contribution in [-0.2, 0) is 19.6 Å². The first-order chi connectivity index (χ1) is 15.4. The predicted molar refractivity (Wildman–Crippen MR) is 119 cm³/mol. The Morgan fingerprint density at radius 2 is 1.78 bits per heavy atom. The minimum Gasteiger partial charge on any atom is -0.379 e. The molecule has 0 radical (unpaired) electrons. The number of carbonyl (C=O) groups excluding carboxylic acids is 1. The molecule has 2 aromatic carbocycles. The summed E-state index contributed by atoms with van der Waals surface area (Å²) in [5, 5.41) is 14.5. The summed E-state index contributed by atoms with van der Waals surface area (Å²) in [6, 6.07) is 15.5. The number of benzene rings is 2. The number of amides is 1. The molecular weight excluding hydrogens is 452 g/mol. The topological polar surface area (TPSA) is 119 Å². The van der Waals surface area contributed by atoms with Gasteiger partial charge in [0.25, 0.3) is 0 Å². The molecule has 3 aromatic rings. The molecule has 1 N–H and O–H groups in total. The first kappa shape index (κ1) is 22.4. The maximum absolute atomic E-state index is 12.7. The van der Waals surface area contributed by atoms with Gasteiger partial charge in [-0.15, -0.1) is 5.10 Å². The largest absolute Gasteiger partial charge is 0.379 e. The highest BCUT2D eigenvalue weighted by Crippen LogP contribution is 2.24. The highest BCUT2D eigenvalue weighted by atomic mass is 32.2. The third-order valence-electron chi connectivity index (χ3n) is 4.82. The fourth-order valence-electron chi connectivity index (χ4n) is 3.09. The normalized spacial score (nSPS) is 15.9. The van der Waals surface area contributed by atoms with Crippen molar-refractivity contribution in [3.05, 3.63) is 54.6 Å². The molecule has 0 bridgehead atoms. The van der Waals surface area contributed by atoms with Gasteiger partial charge in [0.05, 0.1) is 29.0 Å². The molecule has 1 fully saturated rings. The fourth-order valence-corrected chi connectivity index (χ4v) is 5.30. The van der Waals surface area contributed by atoms with Gasteiger partial charge in [-0.1, -0.05) is 30.0 Å². The summed E-state index contributed by atoms with van der Waals surface area (Å²) in [5.41, 5.74) is 1.30. The Labute approximate surface area is 190 Å². The van der Waals surface area contributed by atoms with Gasteiger partial charge in [0.1, 0.15) is 0 Å². The van der Waals surface area contributed by atoms with Gasteiger partial charge in [0.15, 0.2) is 0 Å². The van der Waals surface area contributed by atoms with Gasteiger partial charge in [-0.2, -0.15) is 8.99 Å². The number of thioether (sulfide) groups is 1. The summed E-state index contributed by atoms with van der Waals surface area (Å²) in [4.78, 5) is 12.8. The number of sulfonamides is 1. The van der Waals surface area contributed by atoms with Crippen LogP contribution in [0, 0.1) is 0 Å². The number of morpholine rings is 1. The van der Waals surface area contributed by atoms with E-state index < -0.39 is 15.3 Å². The van der Waals surface area contributed by atoms with Crippen molar-refractivity contribution < 1.29 is 17.9 Å². The van der Waals surface area contributed by atoms with E-state index in [1.54, 1.807) is 23.7 Å². The van der Waals surface area contributed by atoms with E-state index in [2.05, 4.69) is 20.8 Å². The summed E-state index contributed by atoms with van der Waals surface area (Å²) in [6.07, 6.45) is 0. The molecule has 2 heterocycles. The second kappa shape index (κ2) is 9.77. The Morgan fingerprint density at radius 3 is 2.47 bits per heavy atom. The molecule has 1 amide bonds. The van der Waals surface area contributed by atoms with Crippen molar-refractivity contribution in [1.82, 2.24) is 24.5 Å². The van der Waals surface area contributed by atoms with Gasteiger partial charge in [-0.05, 0) is 53.7 Å². The van der Waals surface area contributed by atoms with Crippen molar-refractivity contribution in [2.45, 2.75) is 22.2 Å². The monoisotopic (exact) mass is 474 g/mol. The number of hydrogen-bond acceptors (Lipinski definition) is 8. The van der Waals surface area contributed by atoms with Crippen LogP contribution in [0.1, 0.15) is 6.92 Å². The SMILES string of the molecule is C[C@@H](Sc1nnnn1-c1ccccc1)C(=O)Nc1ccc(S(=O)(=O)N2CCOCC2)cc1. The third kappa shape index (κ3) is 4.99. The van der Waals surface area contributed by atoms with Gasteiger partial charge in [0, 0.05) is 18.8 Å². The first-order valence-corrected chi connectivity index (χ1v) is 12.3. The summed E-state index contributed by atoms with van der Waals surface area (Å²) in [5.74, 6) is -0.249. The molecule has 0 spiro atoms. The number of anilines is 1. The Bertz CT molecular complexity index is 1160. The van der Waals surface area contributed by atoms with E-state index in [4.69, 9.17) is 4.74 Å². The van der Waals surface area contributed by atoms with Gasteiger partial charge in [0.2, 0.25) is 21.1 Å². The second-order valence-electron chi connectivity index (χ2n) is 7.00. The van der Waals surface area contributed by atoms with Crippen LogP contribution in [0.4, 0.5) is 5.69 Å². The van der Waals surface area contributed by atoms with Gasteiger partial charge >= 0.3 is 0 Å². The summed E-state index contributed by atoms with van der Waals surface area (Å²) in [6.45, 7) is 3.18. The molecule has 1 aliphatic heterocycles. The Balaban J connectivity index is 1.40. The van der Waals surface area contributed by atoms with E-state index in [-0.39, 0.29) is 10.8 Å². The summed E-state index contributed by atoms with van der Waals surface area (Å²) in [7, 11) is -3.58. The van der Waals surface area contributed by atoms with Gasteiger partial charge < -0.3 is 10.1 Å². The van der Waals surface area contributed by atoms with Crippen LogP contribution >= 0.6 is 11.8 Å². The maximum Gasteiger partial charge on any atom is 0.243 e. The third-order valence-corrected chi connectivity index (χ3v) is 7.77. The number of hydrogen-bond donors (Lipinski definition) is 1. The van der Waals surface area contributed by atoms with Crippen LogP contribution < -0.4 is 5.32 Å². The number of para-hydroxylation sites is 1. The molecule has 0 saturated carbocycles. The maximum atomic E-state index is 12.7. The van der Waals surface area contributed by atoms with Crippen LogP contribution in [0.5, 0.6) is 0 Å². The lowest BCUT2D eigenvalue weighted by molar-refractivity contribution is -0.115. The Kier molecular flexibility index (Phi) is 6.84. The standard InChI is InChI=1S/C20H22N6O4S2/c1-15(31-20-22-23-24-26(20)17-5-3-2-4-6-17)19(27)21-16-7-9-18(10-8-16)32(28,29)25-11-13-30-14-12-25/h2-10,15H,11-14H2,1H3,(H,21,27)/t15-/m1/s1. The zero-order valence-corrected chi connectivity index (χ0v) is 18.9. The quantitative estimate of drug-likeness (QED) is 0.515. The molecule has 10 nitrogen and oxygen atoms in total. The highest BCUT2D eigenvalue weighted by molar-refractivity contribution is 8.00. The predicted octanol–water partition coefficient (Wildman–Crippen LogP) is 1.80. The lowest BCUT2D eigenvalue weighted by atomic mass is 10.3. The molecule has 4 rings (SSSR count). The fraction of sp³-hybridized carbons (Fsp3) is 0.300. The summed E-state index contributed by atoms with van der Waals surface area (Å²) < 4.78 is 33.6. The lowest BCUT2D eigenvalue weighted by Crippen LogP contribution is -2.40. The van der Waals surface area contributed by atoms with Gasteiger partial charge in [-0.25, -0.2) is 8.42 Å². The first-order valence-electron chi connectivity index (χ1n) is 9.94. The number of rotatable bonds is 7. The van der Waals surface area contributed by atoms with E-state index in [0.717, 1.165) is 5.69 Å². The van der Waals surface area contributed by atoms with Crippen molar-refractivity contribution in [3.63, 3.8) is 0 Å². The molecule has 12 heteroatoms. The molecule has 0 aliphatic carbocycles. The van der Waals surface area contributed by atoms with Crippen LogP contribution in [0.15, 0.2) is 64.6 Å². The Morgan fingerprint density at radius 1 is 1.09 bits per heavy atom. The number of nitrogens with zero attached hydrogens (tertiary/aromatic N) is 5. The van der Waals surface area contributed by atoms with Crippen molar-refractivity contribution in [1.29, 1.82) is 0 Å². The summed E-state index contributed by atoms with van der Waals surface area (Å²) >= 11 is 1.23. The number of nitrogens with one attached hydrogen (secondary N) is 1. The molecular formula is C20H22N6O4S2. The van der Waals surface area contributed by atoms with Crippen LogP contribution in [-0.4, -0.2) is 70.4 Å².